The van der Waals surface area contributed by atoms with Crippen LogP contribution < -0.4 is 11.1 Å². The third-order valence-electron chi connectivity index (χ3n) is 3.82. The van der Waals surface area contributed by atoms with Gasteiger partial charge in [-0.15, -0.1) is 0 Å². The molecule has 0 spiro atoms. The molecule has 0 bridgehead atoms. The van der Waals surface area contributed by atoms with Gasteiger partial charge in [-0.1, -0.05) is 50.0 Å². The van der Waals surface area contributed by atoms with Crippen LogP contribution in [0.5, 0.6) is 0 Å². The number of unbranched alkanes of at least 4 members (excludes halogenated alkanes) is 1. The first kappa shape index (κ1) is 22.2. The predicted molar refractivity (Wildman–Crippen MR) is 106 cm³/mol. The number of esters is 1. The van der Waals surface area contributed by atoms with Gasteiger partial charge in [0.05, 0.1) is 6.61 Å². The van der Waals surface area contributed by atoms with Crippen LogP contribution in [-0.2, 0) is 20.9 Å². The van der Waals surface area contributed by atoms with E-state index in [9.17, 15) is 9.59 Å². The molecule has 0 aromatic heterocycles. The van der Waals surface area contributed by atoms with Crippen LogP contribution in [0.2, 0.25) is 25.7 Å². The molecule has 0 saturated heterocycles. The van der Waals surface area contributed by atoms with Gasteiger partial charge < -0.3 is 20.5 Å². The lowest BCUT2D eigenvalue weighted by atomic mass is 10.1. The van der Waals surface area contributed by atoms with Crippen molar-refractivity contribution < 1.29 is 19.1 Å². The van der Waals surface area contributed by atoms with Crippen molar-refractivity contribution in [3.63, 3.8) is 0 Å². The molecule has 1 amide bonds. The van der Waals surface area contributed by atoms with E-state index in [1.165, 1.54) is 0 Å². The van der Waals surface area contributed by atoms with Crippen molar-refractivity contribution in [2.24, 2.45) is 5.73 Å². The van der Waals surface area contributed by atoms with Crippen LogP contribution >= 0.6 is 0 Å². The molecule has 0 aliphatic carbocycles. The van der Waals surface area contributed by atoms with E-state index in [4.69, 9.17) is 15.2 Å². The molecule has 0 aliphatic heterocycles. The topological polar surface area (TPSA) is 90.6 Å². The summed E-state index contributed by atoms with van der Waals surface area (Å²) in [6.07, 6.45) is 1.58. The normalized spacial score (nSPS) is 12.3. The monoisotopic (exact) mass is 380 g/mol. The van der Waals surface area contributed by atoms with Crippen LogP contribution in [0.3, 0.4) is 0 Å². The van der Waals surface area contributed by atoms with Gasteiger partial charge in [-0.05, 0) is 30.9 Å². The zero-order valence-corrected chi connectivity index (χ0v) is 17.1. The standard InChI is InChI=1S/C19H32N2O4Si/c1-26(2,3)14-13-24-18(22)17(20)11-7-8-12-21-19(23)25-15-16-9-5-4-6-10-16/h4-6,9-10,17H,7-8,11-15,20H2,1-3H3,(H,21,23). The SMILES string of the molecule is C[Si](C)(C)CCOC(=O)C(N)CCCCNC(=O)OCc1ccccc1. The van der Waals surface area contributed by atoms with E-state index in [-0.39, 0.29) is 12.6 Å². The third-order valence-corrected chi connectivity index (χ3v) is 5.53. The maximum atomic E-state index is 11.8. The molecule has 1 rings (SSSR count). The number of carbonyl (C=O) groups is 2. The fourth-order valence-electron chi connectivity index (χ4n) is 2.14. The minimum absolute atomic E-state index is 0.251. The number of nitrogens with one attached hydrogen (secondary N) is 1. The van der Waals surface area contributed by atoms with Gasteiger partial charge >= 0.3 is 12.1 Å². The van der Waals surface area contributed by atoms with Crippen LogP contribution in [0.1, 0.15) is 24.8 Å². The molecule has 0 fully saturated rings. The van der Waals surface area contributed by atoms with Crippen molar-refractivity contribution in [2.45, 2.75) is 57.6 Å². The molecule has 26 heavy (non-hydrogen) atoms. The van der Waals surface area contributed by atoms with Crippen molar-refractivity contribution in [3.05, 3.63) is 35.9 Å². The molecule has 1 aromatic carbocycles. The maximum absolute atomic E-state index is 11.8. The van der Waals surface area contributed by atoms with Gasteiger partial charge in [0, 0.05) is 14.6 Å². The second kappa shape index (κ2) is 11.7. The van der Waals surface area contributed by atoms with Gasteiger partial charge in [0.1, 0.15) is 12.6 Å². The zero-order chi connectivity index (χ0) is 19.4. The molecule has 0 saturated carbocycles. The summed E-state index contributed by atoms with van der Waals surface area (Å²) < 4.78 is 10.4. The van der Waals surface area contributed by atoms with Crippen LogP contribution in [-0.4, -0.2) is 39.3 Å². The lowest BCUT2D eigenvalue weighted by Crippen LogP contribution is -2.34. The highest BCUT2D eigenvalue weighted by Crippen LogP contribution is 2.08. The number of carbonyl (C=O) groups excluding carboxylic acids is 2. The zero-order valence-electron chi connectivity index (χ0n) is 16.1. The Morgan fingerprint density at radius 1 is 1.12 bits per heavy atom. The quantitative estimate of drug-likeness (QED) is 0.349. The third kappa shape index (κ3) is 10.9. The van der Waals surface area contributed by atoms with Gasteiger partial charge in [0.2, 0.25) is 0 Å². The first-order chi connectivity index (χ1) is 12.3. The molecule has 1 aromatic rings. The Morgan fingerprint density at radius 2 is 1.81 bits per heavy atom. The van der Waals surface area contributed by atoms with Gasteiger partial charge in [-0.3, -0.25) is 4.79 Å². The lowest BCUT2D eigenvalue weighted by molar-refractivity contribution is -0.144. The smallest absolute Gasteiger partial charge is 0.407 e. The molecule has 6 nitrogen and oxygen atoms in total. The second-order valence-electron chi connectivity index (χ2n) is 7.57. The Balaban J connectivity index is 2.05. The average Bonchev–Trinajstić information content (AvgIpc) is 2.59. The largest absolute Gasteiger partial charge is 0.465 e. The van der Waals surface area contributed by atoms with Crippen LogP contribution in [0.15, 0.2) is 30.3 Å². The number of rotatable bonds is 11. The van der Waals surface area contributed by atoms with E-state index in [2.05, 4.69) is 25.0 Å². The Kier molecular flexibility index (Phi) is 9.98. The first-order valence-electron chi connectivity index (χ1n) is 9.15. The summed E-state index contributed by atoms with van der Waals surface area (Å²) in [4.78, 5) is 23.4. The number of hydrogen-bond donors (Lipinski definition) is 2. The van der Waals surface area contributed by atoms with Crippen molar-refractivity contribution in [1.29, 1.82) is 0 Å². The fourth-order valence-corrected chi connectivity index (χ4v) is 2.85. The maximum Gasteiger partial charge on any atom is 0.407 e. The highest BCUT2D eigenvalue weighted by Gasteiger charge is 2.17. The minimum Gasteiger partial charge on any atom is -0.465 e. The molecule has 0 heterocycles. The van der Waals surface area contributed by atoms with Crippen LogP contribution in [0.25, 0.3) is 0 Å². The highest BCUT2D eigenvalue weighted by atomic mass is 28.3. The van der Waals surface area contributed by atoms with E-state index < -0.39 is 20.2 Å². The average molecular weight is 381 g/mol. The molecule has 1 unspecified atom stereocenters. The Labute approximate surface area is 157 Å². The number of amides is 1. The summed E-state index contributed by atoms with van der Waals surface area (Å²) in [5.41, 5.74) is 6.79. The first-order valence-corrected chi connectivity index (χ1v) is 12.9. The van der Waals surface area contributed by atoms with Crippen molar-refractivity contribution in [1.82, 2.24) is 5.32 Å². The summed E-state index contributed by atoms with van der Waals surface area (Å²) >= 11 is 0. The molecule has 7 heteroatoms. The summed E-state index contributed by atoms with van der Waals surface area (Å²) in [7, 11) is -1.20. The van der Waals surface area contributed by atoms with Crippen LogP contribution in [0.4, 0.5) is 4.79 Å². The van der Waals surface area contributed by atoms with Crippen molar-refractivity contribution in [3.8, 4) is 0 Å². The molecular formula is C19H32N2O4Si. The van der Waals surface area contributed by atoms with E-state index in [0.717, 1.165) is 24.4 Å². The molecule has 0 aliphatic rings. The number of ether oxygens (including phenoxy) is 2. The van der Waals surface area contributed by atoms with Gasteiger partial charge in [0.25, 0.3) is 0 Å². The molecule has 146 valence electrons. The molecule has 3 N–H and O–H groups in total. The summed E-state index contributed by atoms with van der Waals surface area (Å²) in [6, 6.07) is 9.86. The van der Waals surface area contributed by atoms with Crippen LogP contribution in [0, 0.1) is 0 Å². The molecular weight excluding hydrogens is 348 g/mol. The van der Waals surface area contributed by atoms with Crippen molar-refractivity contribution >= 4 is 20.1 Å². The highest BCUT2D eigenvalue weighted by molar-refractivity contribution is 6.76. The second-order valence-corrected chi connectivity index (χ2v) is 13.2. The van der Waals surface area contributed by atoms with Crippen molar-refractivity contribution in [2.75, 3.05) is 13.2 Å². The summed E-state index contributed by atoms with van der Waals surface area (Å²) in [6.45, 7) is 7.90. The van der Waals surface area contributed by atoms with E-state index in [1.807, 2.05) is 30.3 Å². The Hall–Kier alpha value is -1.86. The number of benzene rings is 1. The van der Waals surface area contributed by atoms with E-state index >= 15 is 0 Å². The predicted octanol–water partition coefficient (Wildman–Crippen LogP) is 3.29. The van der Waals surface area contributed by atoms with Gasteiger partial charge in [-0.25, -0.2) is 4.79 Å². The number of nitrogens with two attached hydrogens (primary N) is 1. The molecule has 0 radical (unpaired) electrons. The summed E-state index contributed by atoms with van der Waals surface area (Å²) in [5.74, 6) is -0.335. The Bertz CT molecular complexity index is 546. The minimum atomic E-state index is -1.20. The van der Waals surface area contributed by atoms with E-state index in [1.54, 1.807) is 0 Å². The fraction of sp³-hybridized carbons (Fsp3) is 0.579. The summed E-state index contributed by atoms with van der Waals surface area (Å²) in [5, 5.41) is 2.69. The Morgan fingerprint density at radius 3 is 2.46 bits per heavy atom. The van der Waals surface area contributed by atoms with Gasteiger partial charge in [-0.2, -0.15) is 0 Å². The molecule has 1 atom stereocenters. The number of alkyl carbamates (subject to hydrolysis) is 1. The number of hydrogen-bond acceptors (Lipinski definition) is 5. The van der Waals surface area contributed by atoms with E-state index in [0.29, 0.717) is 19.6 Å². The lowest BCUT2D eigenvalue weighted by Gasteiger charge is -2.17. The van der Waals surface area contributed by atoms with Gasteiger partial charge in [0.15, 0.2) is 0 Å².